The third kappa shape index (κ3) is 2.01. The van der Waals surface area contributed by atoms with Crippen molar-refractivity contribution in [3.63, 3.8) is 0 Å². The molecule has 0 aromatic carbocycles. The average molecular weight is 175 g/mol. The van der Waals surface area contributed by atoms with Crippen molar-refractivity contribution in [2.75, 3.05) is 21.3 Å². The van der Waals surface area contributed by atoms with E-state index >= 15 is 0 Å². The Kier molecular flexibility index (Phi) is 4.29. The van der Waals surface area contributed by atoms with Gasteiger partial charge in [-0.3, -0.25) is 0 Å². The standard InChI is InChI=1S/C6H13NO3Si/c1-6(5-7)11(8-2,9-3)10-4/h6H,1-4H3. The van der Waals surface area contributed by atoms with Crippen molar-refractivity contribution >= 4 is 8.80 Å². The molecule has 0 bridgehead atoms. The minimum Gasteiger partial charge on any atom is -0.376 e. The lowest BCUT2D eigenvalue weighted by Gasteiger charge is -2.25. The van der Waals surface area contributed by atoms with Crippen molar-refractivity contribution in [3.8, 4) is 6.07 Å². The van der Waals surface area contributed by atoms with Crippen LogP contribution in [0.25, 0.3) is 0 Å². The second-order valence-corrected chi connectivity index (χ2v) is 5.36. The van der Waals surface area contributed by atoms with Crippen molar-refractivity contribution in [1.82, 2.24) is 0 Å². The van der Waals surface area contributed by atoms with E-state index in [1.54, 1.807) is 6.92 Å². The predicted molar refractivity (Wildman–Crippen MR) is 41.8 cm³/mol. The Morgan fingerprint density at radius 1 is 1.18 bits per heavy atom. The normalized spacial score (nSPS) is 14.1. The summed E-state index contributed by atoms with van der Waals surface area (Å²) in [5, 5.41) is 8.61. The summed E-state index contributed by atoms with van der Waals surface area (Å²) in [6, 6.07) is 2.05. The van der Waals surface area contributed by atoms with Crippen LogP contribution in [0, 0.1) is 11.3 Å². The van der Waals surface area contributed by atoms with Crippen molar-refractivity contribution in [2.24, 2.45) is 0 Å². The van der Waals surface area contributed by atoms with Gasteiger partial charge in [0, 0.05) is 21.3 Å². The van der Waals surface area contributed by atoms with Crippen molar-refractivity contribution in [3.05, 3.63) is 0 Å². The van der Waals surface area contributed by atoms with Gasteiger partial charge in [-0.05, 0) is 6.92 Å². The molecule has 1 atom stereocenters. The fraction of sp³-hybridized carbons (Fsp3) is 0.833. The van der Waals surface area contributed by atoms with Gasteiger partial charge in [-0.2, -0.15) is 5.26 Å². The molecule has 0 aliphatic rings. The SMILES string of the molecule is CO[Si](OC)(OC)C(C)C#N. The Hall–Kier alpha value is -0.413. The van der Waals surface area contributed by atoms with Gasteiger partial charge in [0.05, 0.1) is 6.07 Å². The first-order chi connectivity index (χ1) is 5.16. The maximum Gasteiger partial charge on any atom is 0.517 e. The van der Waals surface area contributed by atoms with E-state index in [9.17, 15) is 0 Å². The van der Waals surface area contributed by atoms with Crippen LogP contribution in [-0.2, 0) is 13.3 Å². The monoisotopic (exact) mass is 175 g/mol. The van der Waals surface area contributed by atoms with Gasteiger partial charge in [0.25, 0.3) is 0 Å². The quantitative estimate of drug-likeness (QED) is 0.592. The summed E-state index contributed by atoms with van der Waals surface area (Å²) in [5.41, 5.74) is -0.331. The maximum absolute atomic E-state index is 8.61. The number of nitriles is 1. The van der Waals surface area contributed by atoms with Crippen LogP contribution in [0.1, 0.15) is 6.92 Å². The smallest absolute Gasteiger partial charge is 0.376 e. The minimum absolute atomic E-state index is 0.331. The summed E-state index contributed by atoms with van der Waals surface area (Å²) >= 11 is 0. The molecule has 1 unspecified atom stereocenters. The molecular weight excluding hydrogens is 162 g/mol. The molecule has 0 aromatic rings. The highest BCUT2D eigenvalue weighted by molar-refractivity contribution is 6.63. The lowest BCUT2D eigenvalue weighted by atomic mass is 10.5. The molecule has 0 fully saturated rings. The molecule has 0 saturated heterocycles. The molecule has 0 aliphatic heterocycles. The number of rotatable bonds is 4. The van der Waals surface area contributed by atoms with E-state index in [0.717, 1.165) is 0 Å². The summed E-state index contributed by atoms with van der Waals surface area (Å²) in [7, 11) is 1.80. The Morgan fingerprint density at radius 3 is 1.64 bits per heavy atom. The summed E-state index contributed by atoms with van der Waals surface area (Å²) in [6.07, 6.45) is 0. The molecule has 0 radical (unpaired) electrons. The summed E-state index contributed by atoms with van der Waals surface area (Å²) in [6.45, 7) is 1.72. The molecule has 64 valence electrons. The number of hydrogen-bond donors (Lipinski definition) is 0. The van der Waals surface area contributed by atoms with Crippen LogP contribution in [-0.4, -0.2) is 30.1 Å². The second-order valence-electron chi connectivity index (χ2n) is 2.07. The van der Waals surface area contributed by atoms with Crippen molar-refractivity contribution in [1.29, 1.82) is 5.26 Å². The second kappa shape index (κ2) is 4.46. The largest absolute Gasteiger partial charge is 0.517 e. The summed E-state index contributed by atoms with van der Waals surface area (Å²) < 4.78 is 15.2. The van der Waals surface area contributed by atoms with Gasteiger partial charge >= 0.3 is 8.80 Å². The third-order valence-electron chi connectivity index (χ3n) is 1.58. The van der Waals surface area contributed by atoms with E-state index in [4.69, 9.17) is 18.5 Å². The molecule has 4 nitrogen and oxygen atoms in total. The van der Waals surface area contributed by atoms with E-state index in [1.807, 2.05) is 6.07 Å². The average Bonchev–Trinajstić information content (AvgIpc) is 2.08. The molecule has 0 rings (SSSR count). The highest BCUT2D eigenvalue weighted by Crippen LogP contribution is 2.21. The molecule has 0 spiro atoms. The predicted octanol–water partition coefficient (Wildman–Crippen LogP) is 0.778. The van der Waals surface area contributed by atoms with Crippen molar-refractivity contribution < 1.29 is 13.3 Å². The van der Waals surface area contributed by atoms with Gasteiger partial charge in [-0.25, -0.2) is 0 Å². The minimum atomic E-state index is -2.68. The van der Waals surface area contributed by atoms with Crippen LogP contribution < -0.4 is 0 Å². The Balaban J connectivity index is 4.42. The van der Waals surface area contributed by atoms with Crippen LogP contribution in [0.15, 0.2) is 0 Å². The first kappa shape index (κ1) is 10.6. The summed E-state index contributed by atoms with van der Waals surface area (Å²) in [4.78, 5) is 0. The van der Waals surface area contributed by atoms with Crippen LogP contribution in [0.5, 0.6) is 0 Å². The van der Waals surface area contributed by atoms with Gasteiger partial charge in [-0.15, -0.1) is 0 Å². The van der Waals surface area contributed by atoms with Crippen LogP contribution in [0.2, 0.25) is 5.54 Å². The maximum atomic E-state index is 8.61. The van der Waals surface area contributed by atoms with Crippen LogP contribution >= 0.6 is 0 Å². The van der Waals surface area contributed by atoms with Crippen LogP contribution in [0.4, 0.5) is 0 Å². The lowest BCUT2D eigenvalue weighted by Crippen LogP contribution is -2.46. The number of nitrogens with zero attached hydrogens (tertiary/aromatic N) is 1. The molecule has 0 N–H and O–H groups in total. The molecule has 0 aromatic heterocycles. The summed E-state index contributed by atoms with van der Waals surface area (Å²) in [5.74, 6) is 0. The zero-order valence-electron chi connectivity index (χ0n) is 7.25. The highest BCUT2D eigenvalue weighted by atomic mass is 28.4. The number of hydrogen-bond acceptors (Lipinski definition) is 4. The first-order valence-electron chi connectivity index (χ1n) is 3.22. The van der Waals surface area contributed by atoms with Crippen molar-refractivity contribution in [2.45, 2.75) is 12.5 Å². The fourth-order valence-corrected chi connectivity index (χ4v) is 2.58. The zero-order valence-corrected chi connectivity index (χ0v) is 8.25. The molecule has 0 saturated carbocycles. The van der Waals surface area contributed by atoms with Gasteiger partial charge in [0.15, 0.2) is 0 Å². The fourth-order valence-electron chi connectivity index (χ4n) is 0.859. The molecule has 0 amide bonds. The van der Waals surface area contributed by atoms with Gasteiger partial charge in [-0.1, -0.05) is 0 Å². The van der Waals surface area contributed by atoms with E-state index in [0.29, 0.717) is 0 Å². The zero-order chi connectivity index (χ0) is 8.91. The van der Waals surface area contributed by atoms with E-state index < -0.39 is 8.80 Å². The Morgan fingerprint density at radius 2 is 1.55 bits per heavy atom. The molecule has 0 aliphatic carbocycles. The van der Waals surface area contributed by atoms with Gasteiger partial charge in [0.1, 0.15) is 5.54 Å². The van der Waals surface area contributed by atoms with E-state index in [1.165, 1.54) is 21.3 Å². The molecule has 5 heteroatoms. The highest BCUT2D eigenvalue weighted by Gasteiger charge is 2.45. The Labute approximate surface area is 68.0 Å². The molecule has 0 heterocycles. The molecule has 11 heavy (non-hydrogen) atoms. The van der Waals surface area contributed by atoms with Gasteiger partial charge in [0.2, 0.25) is 0 Å². The van der Waals surface area contributed by atoms with E-state index in [-0.39, 0.29) is 5.54 Å². The van der Waals surface area contributed by atoms with Gasteiger partial charge < -0.3 is 13.3 Å². The van der Waals surface area contributed by atoms with E-state index in [2.05, 4.69) is 0 Å². The first-order valence-corrected chi connectivity index (χ1v) is 5.02. The van der Waals surface area contributed by atoms with Crippen LogP contribution in [0.3, 0.4) is 0 Å². The third-order valence-corrected chi connectivity index (χ3v) is 4.47. The topological polar surface area (TPSA) is 51.5 Å². The molecular formula is C6H13NO3Si. The lowest BCUT2D eigenvalue weighted by molar-refractivity contribution is 0.119. The Bertz CT molecular complexity index is 144.